The highest BCUT2D eigenvalue weighted by Crippen LogP contribution is 2.27. The highest BCUT2D eigenvalue weighted by Gasteiger charge is 2.26. The van der Waals surface area contributed by atoms with Gasteiger partial charge in [0.15, 0.2) is 0 Å². The van der Waals surface area contributed by atoms with Crippen molar-refractivity contribution in [2.75, 3.05) is 22.3 Å². The number of hydrogen-bond donors (Lipinski definition) is 1. The molecule has 0 saturated carbocycles. The molecule has 1 saturated heterocycles. The third-order valence-corrected chi connectivity index (χ3v) is 7.17. The lowest BCUT2D eigenvalue weighted by molar-refractivity contribution is 0.145. The van der Waals surface area contributed by atoms with Gasteiger partial charge in [0.2, 0.25) is 0 Å². The Hall–Kier alpha value is -2.97. The molecule has 0 bridgehead atoms. The number of nitrogens with zero attached hydrogens (tertiary/aromatic N) is 3. The maximum atomic E-state index is 13.4. The fourth-order valence-corrected chi connectivity index (χ4v) is 5.06. The van der Waals surface area contributed by atoms with Crippen LogP contribution < -0.4 is 9.21 Å². The van der Waals surface area contributed by atoms with Gasteiger partial charge in [0, 0.05) is 13.1 Å². The molecule has 1 fully saturated rings. The summed E-state index contributed by atoms with van der Waals surface area (Å²) in [6.07, 6.45) is 2.63. The minimum Gasteiger partial charge on any atom is -0.393 e. The Balaban J connectivity index is 1.66. The Morgan fingerprint density at radius 2 is 1.68 bits per heavy atom. The van der Waals surface area contributed by atoms with Gasteiger partial charge < -0.3 is 10.0 Å². The van der Waals surface area contributed by atoms with Gasteiger partial charge in [-0.25, -0.2) is 17.8 Å². The van der Waals surface area contributed by atoms with Crippen LogP contribution in [0.15, 0.2) is 77.8 Å². The molecule has 1 N–H and O–H groups in total. The quantitative estimate of drug-likeness (QED) is 0.633. The molecule has 2 heterocycles. The molecule has 0 amide bonds. The van der Waals surface area contributed by atoms with E-state index in [4.69, 9.17) is 0 Å². The van der Waals surface area contributed by atoms with Gasteiger partial charge in [0.05, 0.1) is 29.4 Å². The third-order valence-electron chi connectivity index (χ3n) is 5.38. The number of aliphatic hydroxyl groups is 1. The highest BCUT2D eigenvalue weighted by atomic mass is 32.2. The van der Waals surface area contributed by atoms with Gasteiger partial charge in [-0.1, -0.05) is 30.3 Å². The fourth-order valence-electron chi connectivity index (χ4n) is 3.60. The van der Waals surface area contributed by atoms with Crippen molar-refractivity contribution in [3.63, 3.8) is 0 Å². The van der Waals surface area contributed by atoms with Crippen molar-refractivity contribution in [2.24, 2.45) is 0 Å². The average Bonchev–Trinajstić information content (AvgIpc) is 2.80. The van der Waals surface area contributed by atoms with Crippen molar-refractivity contribution >= 4 is 21.5 Å². The normalized spacial score (nSPS) is 15.1. The molecule has 4 rings (SSSR count). The van der Waals surface area contributed by atoms with E-state index in [0.717, 1.165) is 5.82 Å². The summed E-state index contributed by atoms with van der Waals surface area (Å²) in [5.41, 5.74) is 1.09. The van der Waals surface area contributed by atoms with Crippen LogP contribution in [0.3, 0.4) is 0 Å². The van der Waals surface area contributed by atoms with E-state index in [1.807, 2.05) is 0 Å². The van der Waals surface area contributed by atoms with Crippen LogP contribution in [0, 0.1) is 5.82 Å². The zero-order valence-corrected chi connectivity index (χ0v) is 17.7. The van der Waals surface area contributed by atoms with Gasteiger partial charge >= 0.3 is 0 Å². The first-order chi connectivity index (χ1) is 14.9. The molecule has 0 spiro atoms. The molecule has 0 atom stereocenters. The molecule has 0 aliphatic carbocycles. The minimum absolute atomic E-state index is 0.0500. The van der Waals surface area contributed by atoms with Crippen LogP contribution in [0.25, 0.3) is 0 Å². The van der Waals surface area contributed by atoms with E-state index in [9.17, 15) is 17.9 Å². The van der Waals surface area contributed by atoms with E-state index in [0.29, 0.717) is 37.2 Å². The van der Waals surface area contributed by atoms with Gasteiger partial charge in [-0.3, -0.25) is 4.31 Å². The molecule has 31 heavy (non-hydrogen) atoms. The monoisotopic (exact) mass is 441 g/mol. The number of benzene rings is 2. The summed E-state index contributed by atoms with van der Waals surface area (Å²) in [4.78, 5) is 6.74. The van der Waals surface area contributed by atoms with Gasteiger partial charge in [-0.15, -0.1) is 0 Å². The van der Waals surface area contributed by atoms with E-state index in [1.165, 1.54) is 16.4 Å². The van der Waals surface area contributed by atoms with Crippen molar-refractivity contribution in [2.45, 2.75) is 30.4 Å². The first-order valence-electron chi connectivity index (χ1n) is 10.1. The fraction of sp³-hybridized carbons (Fsp3) is 0.261. The summed E-state index contributed by atoms with van der Waals surface area (Å²) in [6.45, 7) is 1.46. The first-order valence-corrected chi connectivity index (χ1v) is 11.6. The minimum atomic E-state index is -3.85. The predicted molar refractivity (Wildman–Crippen MR) is 118 cm³/mol. The number of aromatic nitrogens is 1. The lowest BCUT2D eigenvalue weighted by Gasteiger charge is -2.31. The first kappa shape index (κ1) is 21.3. The van der Waals surface area contributed by atoms with Gasteiger partial charge in [0.1, 0.15) is 11.6 Å². The molecule has 6 nitrogen and oxygen atoms in total. The van der Waals surface area contributed by atoms with Gasteiger partial charge in [-0.2, -0.15) is 0 Å². The average molecular weight is 442 g/mol. The number of sulfonamides is 1. The SMILES string of the molecule is O=S(=O)(c1ccccc1)N(Cc1ccc(F)cc1)c1ccc(N2CCC(O)CC2)nc1. The second-order valence-corrected chi connectivity index (χ2v) is 9.41. The zero-order valence-electron chi connectivity index (χ0n) is 16.9. The maximum absolute atomic E-state index is 13.4. The third kappa shape index (κ3) is 4.86. The Bertz CT molecular complexity index is 1100. The molecule has 8 heteroatoms. The van der Waals surface area contributed by atoms with Crippen LogP contribution in [-0.4, -0.2) is 37.7 Å². The Kier molecular flexibility index (Phi) is 6.20. The number of pyridine rings is 1. The number of piperidine rings is 1. The molecule has 2 aromatic carbocycles. The largest absolute Gasteiger partial charge is 0.393 e. The molecule has 1 aliphatic rings. The Labute approximate surface area is 181 Å². The second-order valence-electron chi connectivity index (χ2n) is 7.54. The summed E-state index contributed by atoms with van der Waals surface area (Å²) in [5, 5.41) is 9.70. The van der Waals surface area contributed by atoms with E-state index < -0.39 is 10.0 Å². The lowest BCUT2D eigenvalue weighted by atomic mass is 10.1. The summed E-state index contributed by atoms with van der Waals surface area (Å²) in [6, 6.07) is 17.5. The summed E-state index contributed by atoms with van der Waals surface area (Å²) < 4.78 is 41.4. The van der Waals surface area contributed by atoms with Crippen molar-refractivity contribution < 1.29 is 17.9 Å². The lowest BCUT2D eigenvalue weighted by Crippen LogP contribution is -2.36. The van der Waals surface area contributed by atoms with Crippen molar-refractivity contribution in [1.29, 1.82) is 0 Å². The maximum Gasteiger partial charge on any atom is 0.264 e. The number of rotatable bonds is 6. The van der Waals surface area contributed by atoms with Crippen molar-refractivity contribution in [3.8, 4) is 0 Å². The van der Waals surface area contributed by atoms with E-state index in [2.05, 4.69) is 9.88 Å². The van der Waals surface area contributed by atoms with Crippen LogP contribution in [0.1, 0.15) is 18.4 Å². The van der Waals surface area contributed by atoms with Gasteiger partial charge in [0.25, 0.3) is 10.0 Å². The van der Waals surface area contributed by atoms with E-state index in [-0.39, 0.29) is 23.4 Å². The Morgan fingerprint density at radius 3 is 2.29 bits per heavy atom. The predicted octanol–water partition coefficient (Wildman–Crippen LogP) is 3.58. The van der Waals surface area contributed by atoms with E-state index >= 15 is 0 Å². The van der Waals surface area contributed by atoms with Crippen LogP contribution in [0.5, 0.6) is 0 Å². The second kappa shape index (κ2) is 9.03. The van der Waals surface area contributed by atoms with E-state index in [1.54, 1.807) is 60.8 Å². The smallest absolute Gasteiger partial charge is 0.264 e. The molecule has 0 unspecified atom stereocenters. The number of aliphatic hydroxyl groups excluding tert-OH is 1. The molecule has 162 valence electrons. The van der Waals surface area contributed by atoms with Crippen molar-refractivity contribution in [3.05, 3.63) is 84.3 Å². The zero-order chi connectivity index (χ0) is 21.8. The number of halogens is 1. The summed E-state index contributed by atoms with van der Waals surface area (Å²) in [7, 11) is -3.85. The molecular formula is C23H24FN3O3S. The highest BCUT2D eigenvalue weighted by molar-refractivity contribution is 7.92. The standard InChI is InChI=1S/C23H24FN3O3S/c24-19-8-6-18(7-9-19)17-27(31(29,30)22-4-2-1-3-5-22)20-10-11-23(25-16-20)26-14-12-21(28)13-15-26/h1-11,16,21,28H,12-15,17H2. The molecule has 0 radical (unpaired) electrons. The number of hydrogen-bond acceptors (Lipinski definition) is 5. The summed E-state index contributed by atoms with van der Waals surface area (Å²) in [5.74, 6) is 0.369. The van der Waals surface area contributed by atoms with Crippen LogP contribution in [0.2, 0.25) is 0 Å². The molecule has 3 aromatic rings. The van der Waals surface area contributed by atoms with Crippen LogP contribution in [-0.2, 0) is 16.6 Å². The Morgan fingerprint density at radius 1 is 1.00 bits per heavy atom. The van der Waals surface area contributed by atoms with Crippen LogP contribution >= 0.6 is 0 Å². The number of anilines is 2. The summed E-state index contributed by atoms with van der Waals surface area (Å²) >= 11 is 0. The molecule has 1 aromatic heterocycles. The molecular weight excluding hydrogens is 417 g/mol. The van der Waals surface area contributed by atoms with Gasteiger partial charge in [-0.05, 0) is 54.8 Å². The van der Waals surface area contributed by atoms with Crippen molar-refractivity contribution in [1.82, 2.24) is 4.98 Å². The molecule has 1 aliphatic heterocycles. The topological polar surface area (TPSA) is 73.7 Å². The van der Waals surface area contributed by atoms with Crippen LogP contribution in [0.4, 0.5) is 15.9 Å².